The zero-order chi connectivity index (χ0) is 21.5. The summed E-state index contributed by atoms with van der Waals surface area (Å²) >= 11 is 0. The van der Waals surface area contributed by atoms with Crippen molar-refractivity contribution in [3.8, 4) is 11.5 Å². The van der Waals surface area contributed by atoms with E-state index in [1.807, 2.05) is 0 Å². The van der Waals surface area contributed by atoms with Gasteiger partial charge in [-0.2, -0.15) is 0 Å². The van der Waals surface area contributed by atoms with Gasteiger partial charge in [0.25, 0.3) is 0 Å². The first-order chi connectivity index (χ1) is 15.1. The van der Waals surface area contributed by atoms with E-state index in [2.05, 4.69) is 4.98 Å². The predicted molar refractivity (Wildman–Crippen MR) is 111 cm³/mol. The molecule has 0 unspecified atom stereocenters. The van der Waals surface area contributed by atoms with Crippen LogP contribution in [0.4, 0.5) is 0 Å². The minimum absolute atomic E-state index is 0. The van der Waals surface area contributed by atoms with Crippen LogP contribution in [0.25, 0.3) is 21.9 Å². The molecule has 161 valence electrons. The Balaban J connectivity index is 0.00000153. The molecule has 33 heavy (non-hydrogen) atoms. The number of para-hydroxylation sites is 2. The fourth-order valence-corrected chi connectivity index (χ4v) is 3.80. The van der Waals surface area contributed by atoms with E-state index in [-0.39, 0.29) is 80.3 Å². The fraction of sp³-hybridized carbons (Fsp3) is 0.0417. The van der Waals surface area contributed by atoms with Gasteiger partial charge in [-0.15, -0.1) is 0 Å². The number of benzene rings is 2. The molecule has 8 nitrogen and oxygen atoms in total. The molecule has 9 heteroatoms. The van der Waals surface area contributed by atoms with Gasteiger partial charge in [0.05, 0.1) is 0 Å². The zero-order valence-corrected chi connectivity index (χ0v) is 20.0. The second-order valence-electron chi connectivity index (χ2n) is 6.97. The predicted octanol–water partition coefficient (Wildman–Crippen LogP) is 2.44. The van der Waals surface area contributed by atoms with Crippen LogP contribution in [-0.2, 0) is 0 Å². The van der Waals surface area contributed by atoms with Crippen LogP contribution in [0, 0.1) is 41.7 Å². The summed E-state index contributed by atoms with van der Waals surface area (Å²) < 4.78 is 10.7. The van der Waals surface area contributed by atoms with Crippen molar-refractivity contribution >= 4 is 21.9 Å². The van der Waals surface area contributed by atoms with Crippen molar-refractivity contribution in [3.63, 3.8) is 0 Å². The van der Waals surface area contributed by atoms with Gasteiger partial charge in [0.15, 0.2) is 0 Å². The number of nitrogens with zero attached hydrogens (tertiary/aromatic N) is 1. The van der Waals surface area contributed by atoms with E-state index in [9.17, 15) is 19.8 Å². The van der Waals surface area contributed by atoms with Gasteiger partial charge >= 0.3 is 53.0 Å². The van der Waals surface area contributed by atoms with Crippen LogP contribution < -0.4 is 21.5 Å². The summed E-state index contributed by atoms with van der Waals surface area (Å²) in [6, 6.07) is 15.7. The molecule has 0 aliphatic heterocycles. The molecule has 0 fully saturated rings. The molecule has 5 rings (SSSR count). The standard InChI is InChI=1S/C24H15NO6.Ce.H2O/c26-21-14-5-1-3-7-16(14)30-23(28)19(21)18(13-9-11-25-12-10-13)20-22(27)15-6-2-4-8-17(15)31-24(20)29;;/h1-12,18,26-27H;;1H2/q;+3;/p-3. The number of rotatable bonds is 3. The minimum atomic E-state index is -1.27. The molecule has 0 amide bonds. The second kappa shape index (κ2) is 9.83. The normalized spacial score (nSPS) is 10.7. The Morgan fingerprint density at radius 3 is 1.58 bits per heavy atom. The third-order valence-corrected chi connectivity index (χ3v) is 5.21. The first kappa shape index (κ1) is 24.6. The van der Waals surface area contributed by atoms with E-state index in [4.69, 9.17) is 8.83 Å². The molecule has 5 aromatic rings. The van der Waals surface area contributed by atoms with Gasteiger partial charge in [0.2, 0.25) is 0 Å². The van der Waals surface area contributed by atoms with Crippen LogP contribution in [-0.4, -0.2) is 10.5 Å². The molecule has 1 N–H and O–H groups in total. The van der Waals surface area contributed by atoms with E-state index >= 15 is 0 Å². The smallest absolute Gasteiger partial charge is 0.872 e. The number of fused-ring (bicyclic) bond motifs is 2. The van der Waals surface area contributed by atoms with Gasteiger partial charge in [0.1, 0.15) is 11.2 Å². The van der Waals surface area contributed by atoms with Gasteiger partial charge in [-0.3, -0.25) is 4.98 Å². The number of hydrogen-bond acceptors (Lipinski definition) is 8. The van der Waals surface area contributed by atoms with Crippen LogP contribution in [0.5, 0.6) is 11.5 Å². The number of pyridine rings is 1. The Morgan fingerprint density at radius 1 is 0.697 bits per heavy atom. The van der Waals surface area contributed by atoms with Crippen molar-refractivity contribution in [1.82, 2.24) is 4.98 Å². The van der Waals surface area contributed by atoms with E-state index in [0.717, 1.165) is 0 Å². The Bertz CT molecular complexity index is 1460. The van der Waals surface area contributed by atoms with Crippen LogP contribution >= 0.6 is 0 Å². The molecule has 1 radical (unpaired) electrons. The summed E-state index contributed by atoms with van der Waals surface area (Å²) in [6.07, 6.45) is 2.89. The van der Waals surface area contributed by atoms with Crippen molar-refractivity contribution in [2.75, 3.05) is 0 Å². The van der Waals surface area contributed by atoms with Crippen LogP contribution in [0.3, 0.4) is 0 Å². The summed E-state index contributed by atoms with van der Waals surface area (Å²) in [4.78, 5) is 29.8. The van der Waals surface area contributed by atoms with Gasteiger partial charge in [-0.05, 0) is 29.8 Å². The van der Waals surface area contributed by atoms with Gasteiger partial charge < -0.3 is 24.5 Å². The Morgan fingerprint density at radius 2 is 1.12 bits per heavy atom. The van der Waals surface area contributed by atoms with Crippen molar-refractivity contribution in [2.45, 2.75) is 5.92 Å². The van der Waals surface area contributed by atoms with Crippen molar-refractivity contribution < 1.29 is 66.3 Å². The summed E-state index contributed by atoms with van der Waals surface area (Å²) in [5.41, 5.74) is -1.87. The van der Waals surface area contributed by atoms with Crippen molar-refractivity contribution in [3.05, 3.63) is 111 Å². The van der Waals surface area contributed by atoms with Gasteiger partial charge in [-0.25, -0.2) is 9.59 Å². The molecule has 0 saturated carbocycles. The van der Waals surface area contributed by atoms with Crippen LogP contribution in [0.1, 0.15) is 22.6 Å². The topological polar surface area (TPSA) is 149 Å². The summed E-state index contributed by atoms with van der Waals surface area (Å²) in [5.74, 6) is -2.49. The Labute approximate surface area is 219 Å². The summed E-state index contributed by atoms with van der Waals surface area (Å²) in [7, 11) is 0. The van der Waals surface area contributed by atoms with E-state index in [0.29, 0.717) is 5.56 Å². The monoisotopic (exact) mass is 568 g/mol. The maximum atomic E-state index is 13.3. The van der Waals surface area contributed by atoms with Crippen molar-refractivity contribution in [1.29, 1.82) is 0 Å². The van der Waals surface area contributed by atoms with E-state index in [1.165, 1.54) is 48.8 Å². The SMILES string of the molecule is O=c1oc2ccccc2c([O-])c1C(c1ccncc1)c1c([O-])c2ccccc2oc1=O.[Ce+3].[OH-]. The quantitative estimate of drug-likeness (QED) is 0.301. The number of aromatic nitrogens is 1. The second-order valence-corrected chi connectivity index (χ2v) is 6.97. The minimum Gasteiger partial charge on any atom is -0.872 e. The van der Waals surface area contributed by atoms with Crippen LogP contribution in [0.15, 0.2) is 91.5 Å². The molecule has 2 aromatic carbocycles. The summed E-state index contributed by atoms with van der Waals surface area (Å²) in [6.45, 7) is 0. The van der Waals surface area contributed by atoms with Gasteiger partial charge in [0, 0.05) is 40.2 Å². The molecule has 3 heterocycles. The maximum absolute atomic E-state index is 13.3. The Hall–Kier alpha value is -3.05. The van der Waals surface area contributed by atoms with E-state index in [1.54, 1.807) is 24.3 Å². The third-order valence-electron chi connectivity index (χ3n) is 5.21. The number of hydrogen-bond donors (Lipinski definition) is 0. The molecule has 0 saturated heterocycles. The average molecular weight is 568 g/mol. The average Bonchev–Trinajstić information content (AvgIpc) is 2.78. The van der Waals surface area contributed by atoms with Crippen LogP contribution in [0.2, 0.25) is 0 Å². The Kier molecular flexibility index (Phi) is 7.33. The molecule has 0 atom stereocenters. The van der Waals surface area contributed by atoms with E-state index < -0.39 is 28.7 Å². The van der Waals surface area contributed by atoms with Gasteiger partial charge in [-0.1, -0.05) is 47.9 Å². The largest absolute Gasteiger partial charge is 3.00 e. The first-order valence-electron chi connectivity index (χ1n) is 9.41. The summed E-state index contributed by atoms with van der Waals surface area (Å²) in [5, 5.41) is 27.0. The molecular weight excluding hydrogens is 554 g/mol. The zero-order valence-electron chi connectivity index (χ0n) is 16.8. The fourth-order valence-electron chi connectivity index (χ4n) is 3.80. The third kappa shape index (κ3) is 4.18. The molecule has 3 aromatic heterocycles. The molecule has 0 bridgehead atoms. The molecule has 0 aliphatic carbocycles. The molecule has 0 aliphatic rings. The maximum Gasteiger partial charge on any atom is 3.00 e. The molecular formula is C24H14CeNO7. The van der Waals surface area contributed by atoms with Crippen molar-refractivity contribution in [2.24, 2.45) is 0 Å². The molecule has 0 spiro atoms. The first-order valence-corrected chi connectivity index (χ1v) is 9.41.